The second kappa shape index (κ2) is 6.96. The Morgan fingerprint density at radius 3 is 3.00 bits per heavy atom. The third-order valence-corrected chi connectivity index (χ3v) is 2.90. The van der Waals surface area contributed by atoms with E-state index in [-0.39, 0.29) is 18.1 Å². The van der Waals surface area contributed by atoms with Gasteiger partial charge in [-0.25, -0.2) is 4.39 Å². The number of ether oxygens (including phenoxy) is 1. The Labute approximate surface area is 117 Å². The first-order valence-electron chi connectivity index (χ1n) is 6.50. The third kappa shape index (κ3) is 3.99. The number of hydrogen-bond acceptors (Lipinski definition) is 3. The van der Waals surface area contributed by atoms with Gasteiger partial charge in [0.15, 0.2) is 0 Å². The van der Waals surface area contributed by atoms with Crippen LogP contribution in [0.15, 0.2) is 30.3 Å². The van der Waals surface area contributed by atoms with Gasteiger partial charge in [-0.1, -0.05) is 6.07 Å². The Morgan fingerprint density at radius 2 is 2.20 bits per heavy atom. The monoisotopic (exact) mass is 276 g/mol. The minimum absolute atomic E-state index is 0.0740. The predicted molar refractivity (Wildman–Crippen MR) is 74.9 cm³/mol. The number of aromatic nitrogens is 1. The molecule has 0 atom stereocenters. The van der Waals surface area contributed by atoms with E-state index in [1.165, 1.54) is 12.1 Å². The van der Waals surface area contributed by atoms with Gasteiger partial charge in [0.05, 0.1) is 17.6 Å². The molecule has 5 heteroatoms. The van der Waals surface area contributed by atoms with Gasteiger partial charge in [-0.15, -0.1) is 0 Å². The molecule has 0 aliphatic rings. The molecule has 20 heavy (non-hydrogen) atoms. The number of fused-ring (bicyclic) bond motifs is 1. The van der Waals surface area contributed by atoms with Crippen LogP contribution in [0.25, 0.3) is 10.9 Å². The van der Waals surface area contributed by atoms with E-state index in [0.717, 1.165) is 11.8 Å². The molecule has 4 nitrogen and oxygen atoms in total. The van der Waals surface area contributed by atoms with E-state index < -0.39 is 0 Å². The number of nitrogens with zero attached hydrogens (tertiary/aromatic N) is 1. The van der Waals surface area contributed by atoms with Gasteiger partial charge in [-0.2, -0.15) is 0 Å². The molecule has 1 aromatic carbocycles. The van der Waals surface area contributed by atoms with Crippen molar-refractivity contribution in [3.63, 3.8) is 0 Å². The van der Waals surface area contributed by atoms with Crippen LogP contribution in [0.4, 0.5) is 4.39 Å². The maximum Gasteiger partial charge on any atom is 0.226 e. The van der Waals surface area contributed by atoms with Crippen molar-refractivity contribution in [1.82, 2.24) is 10.3 Å². The average molecular weight is 276 g/mol. The van der Waals surface area contributed by atoms with Crippen LogP contribution in [0.1, 0.15) is 12.1 Å². The maximum absolute atomic E-state index is 13.0. The number of amides is 1. The normalized spacial score (nSPS) is 10.7. The van der Waals surface area contributed by atoms with Gasteiger partial charge >= 0.3 is 0 Å². The molecule has 0 spiro atoms. The Bertz CT molecular complexity index is 601. The summed E-state index contributed by atoms with van der Waals surface area (Å²) in [5.41, 5.74) is 1.37. The van der Waals surface area contributed by atoms with Crippen LogP contribution in [0.5, 0.6) is 0 Å². The number of carbonyl (C=O) groups excluding carboxylic acids is 1. The summed E-state index contributed by atoms with van der Waals surface area (Å²) in [6, 6.07) is 7.93. The van der Waals surface area contributed by atoms with E-state index >= 15 is 0 Å². The van der Waals surface area contributed by atoms with Crippen molar-refractivity contribution in [2.45, 2.75) is 12.8 Å². The lowest BCUT2D eigenvalue weighted by Gasteiger charge is -2.05. The van der Waals surface area contributed by atoms with Crippen molar-refractivity contribution in [3.05, 3.63) is 41.8 Å². The van der Waals surface area contributed by atoms with Gasteiger partial charge in [-0.05, 0) is 30.7 Å². The summed E-state index contributed by atoms with van der Waals surface area (Å²) in [5, 5.41) is 3.53. The van der Waals surface area contributed by atoms with Gasteiger partial charge in [-0.3, -0.25) is 9.78 Å². The first kappa shape index (κ1) is 14.4. The summed E-state index contributed by atoms with van der Waals surface area (Å²) in [6.07, 6.45) is 1.01. The highest BCUT2D eigenvalue weighted by Crippen LogP contribution is 2.14. The van der Waals surface area contributed by atoms with Gasteiger partial charge < -0.3 is 10.1 Å². The second-order valence-electron chi connectivity index (χ2n) is 4.51. The average Bonchev–Trinajstić information content (AvgIpc) is 2.44. The molecule has 106 valence electrons. The van der Waals surface area contributed by atoms with Crippen molar-refractivity contribution in [2.75, 3.05) is 20.3 Å². The lowest BCUT2D eigenvalue weighted by atomic mass is 10.1. The van der Waals surface area contributed by atoms with Crippen LogP contribution >= 0.6 is 0 Å². The zero-order valence-corrected chi connectivity index (χ0v) is 11.4. The Morgan fingerprint density at radius 1 is 1.35 bits per heavy atom. The Kier molecular flexibility index (Phi) is 5.01. The van der Waals surface area contributed by atoms with Gasteiger partial charge in [0, 0.05) is 25.6 Å². The first-order valence-corrected chi connectivity index (χ1v) is 6.50. The van der Waals surface area contributed by atoms with Crippen molar-refractivity contribution in [1.29, 1.82) is 0 Å². The largest absolute Gasteiger partial charge is 0.385 e. The summed E-state index contributed by atoms with van der Waals surface area (Å²) in [6.45, 7) is 1.21. The predicted octanol–water partition coefficient (Wildman–Crippen LogP) is 2.07. The second-order valence-corrected chi connectivity index (χ2v) is 4.51. The highest BCUT2D eigenvalue weighted by atomic mass is 19.1. The molecular weight excluding hydrogens is 259 g/mol. The highest BCUT2D eigenvalue weighted by Gasteiger charge is 2.05. The fraction of sp³-hybridized carbons (Fsp3) is 0.333. The lowest BCUT2D eigenvalue weighted by molar-refractivity contribution is -0.120. The van der Waals surface area contributed by atoms with Crippen molar-refractivity contribution >= 4 is 16.8 Å². The van der Waals surface area contributed by atoms with Crippen molar-refractivity contribution in [3.8, 4) is 0 Å². The molecular formula is C15H17FN2O2. The molecule has 0 saturated carbocycles. The molecule has 0 aliphatic carbocycles. The fourth-order valence-electron chi connectivity index (χ4n) is 1.91. The van der Waals surface area contributed by atoms with Crippen LogP contribution in [-0.2, 0) is 16.0 Å². The van der Waals surface area contributed by atoms with Crippen LogP contribution in [0.3, 0.4) is 0 Å². The minimum Gasteiger partial charge on any atom is -0.385 e. The quantitative estimate of drug-likeness (QED) is 0.822. The fourth-order valence-corrected chi connectivity index (χ4v) is 1.91. The van der Waals surface area contributed by atoms with E-state index in [9.17, 15) is 9.18 Å². The molecule has 1 N–H and O–H groups in total. The van der Waals surface area contributed by atoms with Crippen LogP contribution in [0, 0.1) is 5.82 Å². The maximum atomic E-state index is 13.0. The Balaban J connectivity index is 1.96. The van der Waals surface area contributed by atoms with E-state index in [0.29, 0.717) is 24.4 Å². The number of pyridine rings is 1. The SMILES string of the molecule is COCCCNC(=O)Cc1ccc2cc(F)ccc2n1. The van der Waals surface area contributed by atoms with Gasteiger partial charge in [0.25, 0.3) is 0 Å². The summed E-state index contributed by atoms with van der Waals surface area (Å²) in [5.74, 6) is -0.363. The van der Waals surface area contributed by atoms with Crippen molar-refractivity contribution in [2.24, 2.45) is 0 Å². The molecule has 0 fully saturated rings. The Hall–Kier alpha value is -2.01. The summed E-state index contributed by atoms with van der Waals surface area (Å²) < 4.78 is 18.0. The number of nitrogens with one attached hydrogen (secondary N) is 1. The number of hydrogen-bond donors (Lipinski definition) is 1. The number of benzene rings is 1. The highest BCUT2D eigenvalue weighted by molar-refractivity contribution is 5.81. The summed E-state index contributed by atoms with van der Waals surface area (Å²) in [4.78, 5) is 16.1. The van der Waals surface area contributed by atoms with E-state index in [1.54, 1.807) is 25.3 Å². The molecule has 2 aromatic rings. The summed E-state index contributed by atoms with van der Waals surface area (Å²) in [7, 11) is 1.63. The van der Waals surface area contributed by atoms with Crippen LogP contribution in [-0.4, -0.2) is 31.2 Å². The van der Waals surface area contributed by atoms with E-state index in [2.05, 4.69) is 10.3 Å². The smallest absolute Gasteiger partial charge is 0.226 e. The van der Waals surface area contributed by atoms with E-state index in [4.69, 9.17) is 4.74 Å². The molecule has 0 saturated heterocycles. The number of methoxy groups -OCH3 is 1. The van der Waals surface area contributed by atoms with Crippen molar-refractivity contribution < 1.29 is 13.9 Å². The minimum atomic E-state index is -0.289. The molecule has 2 rings (SSSR count). The molecule has 1 heterocycles. The molecule has 1 aromatic heterocycles. The number of halogens is 1. The lowest BCUT2D eigenvalue weighted by Crippen LogP contribution is -2.27. The van der Waals surface area contributed by atoms with Gasteiger partial charge in [0.1, 0.15) is 5.82 Å². The zero-order valence-electron chi connectivity index (χ0n) is 11.4. The molecule has 1 amide bonds. The number of carbonyl (C=O) groups is 1. The third-order valence-electron chi connectivity index (χ3n) is 2.90. The molecule has 0 radical (unpaired) electrons. The standard InChI is InChI=1S/C15H17FN2O2/c1-20-8-2-7-17-15(19)10-13-5-3-11-9-12(16)4-6-14(11)18-13/h3-6,9H,2,7-8,10H2,1H3,(H,17,19). The first-order chi connectivity index (χ1) is 9.69. The summed E-state index contributed by atoms with van der Waals surface area (Å²) >= 11 is 0. The van der Waals surface area contributed by atoms with Gasteiger partial charge in [0.2, 0.25) is 5.91 Å². The number of rotatable bonds is 6. The molecule has 0 aliphatic heterocycles. The van der Waals surface area contributed by atoms with Crippen LogP contribution in [0.2, 0.25) is 0 Å². The topological polar surface area (TPSA) is 51.2 Å². The zero-order chi connectivity index (χ0) is 14.4. The van der Waals surface area contributed by atoms with Crippen LogP contribution < -0.4 is 5.32 Å². The van der Waals surface area contributed by atoms with E-state index in [1.807, 2.05) is 0 Å². The molecule has 0 unspecified atom stereocenters. The molecule has 0 bridgehead atoms.